The second-order valence-electron chi connectivity index (χ2n) is 11.1. The normalized spacial score (nSPS) is 12.8. The van der Waals surface area contributed by atoms with Gasteiger partial charge in [-0.2, -0.15) is 39.5 Å². The van der Waals surface area contributed by atoms with Crippen molar-refractivity contribution < 1.29 is 58.9 Å². The van der Waals surface area contributed by atoms with Crippen LogP contribution in [0.25, 0.3) is 11.3 Å². The number of thioether (sulfide) groups is 1. The van der Waals surface area contributed by atoms with E-state index < -0.39 is 59.3 Å². The second-order valence-corrected chi connectivity index (χ2v) is 11.9. The van der Waals surface area contributed by atoms with Gasteiger partial charge >= 0.3 is 18.5 Å². The van der Waals surface area contributed by atoms with Crippen molar-refractivity contribution in [3.63, 3.8) is 0 Å². The van der Waals surface area contributed by atoms with Crippen LogP contribution in [0.2, 0.25) is 0 Å². The largest absolute Gasteiger partial charge is 0.550 e. The number of carbonyl (C=O) groups is 1. The van der Waals surface area contributed by atoms with Crippen LogP contribution >= 0.6 is 11.8 Å². The van der Waals surface area contributed by atoms with Gasteiger partial charge in [-0.3, -0.25) is 0 Å². The van der Waals surface area contributed by atoms with Crippen molar-refractivity contribution in [2.45, 2.75) is 62.5 Å². The number of hydrogen-bond acceptors (Lipinski definition) is 10. The summed E-state index contributed by atoms with van der Waals surface area (Å²) in [4.78, 5) is 28.9. The van der Waals surface area contributed by atoms with Gasteiger partial charge in [0.1, 0.15) is 5.69 Å². The summed E-state index contributed by atoms with van der Waals surface area (Å²) in [6.07, 6.45) is -10.3. The number of aliphatic carboxylic acids is 1. The fourth-order valence-corrected chi connectivity index (χ4v) is 5.54. The third-order valence-corrected chi connectivity index (χ3v) is 8.12. The Morgan fingerprint density at radius 2 is 1.50 bits per heavy atom. The number of aromatic nitrogens is 4. The Morgan fingerprint density at radius 1 is 0.885 bits per heavy atom. The minimum atomic E-state index is -5.18. The smallest absolute Gasteiger partial charge is 0.416 e. The van der Waals surface area contributed by atoms with Crippen LogP contribution in [-0.2, 0) is 29.9 Å². The predicted molar refractivity (Wildman–Crippen MR) is 168 cm³/mol. The molecule has 4 rings (SSSR count). The number of rotatable bonds is 14. The first-order valence-electron chi connectivity index (χ1n) is 15.2. The molecular weight excluding hydrogens is 733 g/mol. The summed E-state index contributed by atoms with van der Waals surface area (Å²) in [5.41, 5.74) is -4.68. The van der Waals surface area contributed by atoms with E-state index in [0.29, 0.717) is 12.1 Å². The van der Waals surface area contributed by atoms with Gasteiger partial charge < -0.3 is 24.3 Å². The van der Waals surface area contributed by atoms with Gasteiger partial charge in [-0.25, -0.2) is 19.9 Å². The number of benzene rings is 2. The summed E-state index contributed by atoms with van der Waals surface area (Å²) >= 11 is 1.13. The number of carboxylic acid groups (broad SMARTS) is 1. The quantitative estimate of drug-likeness (QED) is 0.0546. The van der Waals surface area contributed by atoms with Crippen LogP contribution in [0.15, 0.2) is 60.1 Å². The van der Waals surface area contributed by atoms with E-state index in [2.05, 4.69) is 19.9 Å². The molecule has 0 fully saturated rings. The molecule has 2 aromatic heterocycles. The Balaban J connectivity index is 1.95. The van der Waals surface area contributed by atoms with Crippen LogP contribution in [0.4, 0.5) is 45.5 Å². The fourth-order valence-electron chi connectivity index (χ4n) is 5.20. The van der Waals surface area contributed by atoms with E-state index in [-0.39, 0.29) is 71.4 Å². The Hall–Kier alpha value is -4.81. The molecule has 0 spiro atoms. The van der Waals surface area contributed by atoms with Gasteiger partial charge in [-0.1, -0.05) is 24.8 Å². The minimum Gasteiger partial charge on any atom is -0.550 e. The number of halogens is 9. The summed E-state index contributed by atoms with van der Waals surface area (Å²) < 4.78 is 136. The number of nitrogens with zero attached hydrogens (tertiary/aromatic N) is 5. The lowest BCUT2D eigenvalue weighted by Crippen LogP contribution is -2.31. The van der Waals surface area contributed by atoms with Crippen LogP contribution in [0.3, 0.4) is 0 Å². The third-order valence-electron chi connectivity index (χ3n) is 7.56. The first kappa shape index (κ1) is 40.0. The molecule has 1 unspecified atom stereocenters. The molecular formula is C33H29F9N5O4S-. The molecule has 0 radical (unpaired) electrons. The minimum absolute atomic E-state index is 0.0311. The van der Waals surface area contributed by atoms with Crippen LogP contribution < -0.4 is 19.5 Å². The monoisotopic (exact) mass is 762 g/mol. The topological polar surface area (TPSA) is 113 Å². The first-order chi connectivity index (χ1) is 24.3. The summed E-state index contributed by atoms with van der Waals surface area (Å²) in [6.45, 7) is 0.729. The lowest BCUT2D eigenvalue weighted by atomic mass is 9.92. The Kier molecular flexibility index (Phi) is 12.5. The highest BCUT2D eigenvalue weighted by Crippen LogP contribution is 2.43. The van der Waals surface area contributed by atoms with Gasteiger partial charge in [0.15, 0.2) is 16.7 Å². The lowest BCUT2D eigenvalue weighted by molar-refractivity contribution is -0.305. The van der Waals surface area contributed by atoms with Crippen LogP contribution in [0, 0.1) is 0 Å². The van der Waals surface area contributed by atoms with E-state index in [1.54, 1.807) is 13.2 Å². The highest BCUT2D eigenvalue weighted by atomic mass is 32.2. The number of ether oxygens (including phenoxy) is 2. The van der Waals surface area contributed by atoms with Crippen molar-refractivity contribution >= 4 is 23.7 Å². The van der Waals surface area contributed by atoms with Crippen molar-refractivity contribution in [3.8, 4) is 22.8 Å². The highest BCUT2D eigenvalue weighted by molar-refractivity contribution is 7.98. The third kappa shape index (κ3) is 9.95. The molecule has 9 nitrogen and oxygen atoms in total. The van der Waals surface area contributed by atoms with Crippen molar-refractivity contribution in [2.24, 2.45) is 0 Å². The molecule has 4 aromatic rings. The van der Waals surface area contributed by atoms with E-state index in [1.165, 1.54) is 18.2 Å². The highest BCUT2D eigenvalue weighted by Gasteiger charge is 2.38. The molecule has 2 heterocycles. The van der Waals surface area contributed by atoms with E-state index in [1.807, 2.05) is 0 Å². The van der Waals surface area contributed by atoms with Crippen molar-refractivity contribution in [1.29, 1.82) is 0 Å². The second kappa shape index (κ2) is 16.2. The Labute approximate surface area is 295 Å². The number of carbonyl (C=O) groups excluding carboxylic acids is 1. The maximum atomic E-state index is 14.2. The summed E-state index contributed by atoms with van der Waals surface area (Å²) in [5, 5.41) is 10.9. The fraction of sp³-hybridized carbons (Fsp3) is 0.364. The van der Waals surface area contributed by atoms with Crippen molar-refractivity contribution in [3.05, 3.63) is 82.8 Å². The standard InChI is InChI=1S/C33H30F9N5O4S/c1-4-25(24-13-19(31(34,35)36)7-8-23(24)28-26(50-2)16-45-30(46-28)52-3)47(29-43-14-22(15-44-29)51-9-5-6-27(48)49)17-18-10-20(32(37,38)39)12-21(11-18)33(40,41)42/h7-8,10-16,25H,4-6,9,17H2,1-3H3,(H,48,49)/p-1. The summed E-state index contributed by atoms with van der Waals surface area (Å²) in [6, 6.07) is 2.52. The van der Waals surface area contributed by atoms with Gasteiger partial charge in [0, 0.05) is 18.1 Å². The average molecular weight is 763 g/mol. The number of alkyl halides is 9. The predicted octanol–water partition coefficient (Wildman–Crippen LogP) is 7.79. The molecule has 52 heavy (non-hydrogen) atoms. The average Bonchev–Trinajstić information content (AvgIpc) is 3.08. The van der Waals surface area contributed by atoms with E-state index in [4.69, 9.17) is 9.47 Å². The number of anilines is 1. The molecule has 0 saturated heterocycles. The van der Waals surface area contributed by atoms with E-state index in [0.717, 1.165) is 42.4 Å². The molecule has 0 aliphatic carbocycles. The molecule has 2 aromatic carbocycles. The van der Waals surface area contributed by atoms with Gasteiger partial charge in [0.2, 0.25) is 5.95 Å². The zero-order valence-electron chi connectivity index (χ0n) is 27.5. The maximum Gasteiger partial charge on any atom is 0.416 e. The van der Waals surface area contributed by atoms with Crippen LogP contribution in [0.1, 0.15) is 60.0 Å². The zero-order valence-corrected chi connectivity index (χ0v) is 28.3. The van der Waals surface area contributed by atoms with E-state index in [9.17, 15) is 49.4 Å². The SMILES string of the molecule is CCC(c1cc(C(F)(F)F)ccc1-c1nc(SC)ncc1OC)N(Cc1cc(C(F)(F)F)cc(C(F)(F)F)c1)c1ncc(OCCCC(=O)[O-])cn1. The van der Waals surface area contributed by atoms with Crippen molar-refractivity contribution in [1.82, 2.24) is 19.9 Å². The van der Waals surface area contributed by atoms with E-state index >= 15 is 0 Å². The molecule has 0 bridgehead atoms. The molecule has 0 N–H and O–H groups in total. The van der Waals surface area contributed by atoms with Gasteiger partial charge in [0.05, 0.1) is 55.0 Å². The lowest BCUT2D eigenvalue weighted by Gasteiger charge is -2.34. The number of carboxylic acids is 1. The molecule has 280 valence electrons. The maximum absolute atomic E-state index is 14.2. The van der Waals surface area contributed by atoms with Gasteiger partial charge in [-0.15, -0.1) is 0 Å². The van der Waals surface area contributed by atoms with Crippen LogP contribution in [-0.4, -0.2) is 45.9 Å². The molecule has 19 heteroatoms. The summed E-state index contributed by atoms with van der Waals surface area (Å²) in [5.74, 6) is -1.49. The zero-order chi connectivity index (χ0) is 38.4. The van der Waals surface area contributed by atoms with Crippen molar-refractivity contribution in [2.75, 3.05) is 24.9 Å². The molecule has 1 atom stereocenters. The molecule has 0 saturated carbocycles. The summed E-state index contributed by atoms with van der Waals surface area (Å²) in [7, 11) is 1.29. The Bertz CT molecular complexity index is 1820. The number of hydrogen-bond donors (Lipinski definition) is 0. The molecule has 0 aliphatic heterocycles. The molecule has 0 amide bonds. The first-order valence-corrected chi connectivity index (χ1v) is 16.4. The van der Waals surface area contributed by atoms with Gasteiger partial charge in [0.25, 0.3) is 0 Å². The Morgan fingerprint density at radius 3 is 2.02 bits per heavy atom. The van der Waals surface area contributed by atoms with Crippen LogP contribution in [0.5, 0.6) is 11.5 Å². The number of methoxy groups -OCH3 is 1. The van der Waals surface area contributed by atoms with Gasteiger partial charge in [-0.05, 0) is 67.0 Å². The molecule has 0 aliphatic rings.